The fourth-order valence-electron chi connectivity index (χ4n) is 6.38. The number of hydrogen-bond acceptors (Lipinski definition) is 0. The third-order valence-electron chi connectivity index (χ3n) is 9.00. The van der Waals surface area contributed by atoms with Gasteiger partial charge in [0.05, 0.1) is 0 Å². The molecule has 0 N–H and O–H groups in total. The summed E-state index contributed by atoms with van der Waals surface area (Å²) in [6, 6.07) is 43.7. The van der Waals surface area contributed by atoms with E-state index >= 15 is 0 Å². The van der Waals surface area contributed by atoms with Gasteiger partial charge in [-0.15, -0.1) is 81.2 Å². The van der Waals surface area contributed by atoms with E-state index in [0.29, 0.717) is 0 Å². The van der Waals surface area contributed by atoms with Gasteiger partial charge in [0.15, 0.2) is 0 Å². The Labute approximate surface area is 323 Å². The largest absolute Gasteiger partial charge is 0.121 e. The van der Waals surface area contributed by atoms with Gasteiger partial charge in [-0.2, -0.15) is 11.1 Å². The van der Waals surface area contributed by atoms with Gasteiger partial charge in [-0.05, 0) is 12.8 Å². The van der Waals surface area contributed by atoms with E-state index in [1.165, 1.54) is 109 Å². The molecule has 0 saturated carbocycles. The van der Waals surface area contributed by atoms with Crippen molar-refractivity contribution in [2.75, 3.05) is 0 Å². The Morgan fingerprint density at radius 3 is 1.14 bits per heavy atom. The minimum atomic E-state index is -0.556. The molecule has 0 fully saturated rings. The molecule has 264 valence electrons. The van der Waals surface area contributed by atoms with Crippen LogP contribution in [0.1, 0.15) is 101 Å². The molecule has 0 aliphatic carbocycles. The standard InChI is InChI=1S/2C17H23.C12H10Si.2ClH.Ti/c2*1-3-5-9-14-13-15-10-7-8-12-17(15)16(14)11-6-4-2;1-3-7-11(8-4-1)13-12-9-5-2-6-10-12;;;/h2*7-8,10,12-13H,3-6,9,11H2,1-2H3;1-10H;2*1H;/q2*-1;;;;+2/p-2. The van der Waals surface area contributed by atoms with Crippen molar-refractivity contribution < 1.29 is 17.0 Å². The summed E-state index contributed by atoms with van der Waals surface area (Å²) in [5.74, 6) is 0. The fourth-order valence-corrected chi connectivity index (χ4v) is 7.43. The number of benzene rings is 4. The predicted octanol–water partition coefficient (Wildman–Crippen LogP) is 13.2. The Hall–Kier alpha value is -2.39. The number of unbranched alkanes of at least 4 members (excludes halogenated alkanes) is 4. The van der Waals surface area contributed by atoms with Crippen LogP contribution in [0.5, 0.6) is 0 Å². The summed E-state index contributed by atoms with van der Waals surface area (Å²) in [6.07, 6.45) is 15.4. The summed E-state index contributed by atoms with van der Waals surface area (Å²) >= 11 is -0.556. The Morgan fingerprint density at radius 2 is 0.780 bits per heavy atom. The summed E-state index contributed by atoms with van der Waals surface area (Å²) in [5, 5.41) is 8.65. The maximum atomic E-state index is 4.89. The van der Waals surface area contributed by atoms with E-state index in [2.05, 4.69) is 149 Å². The van der Waals surface area contributed by atoms with Crippen molar-refractivity contribution in [2.24, 2.45) is 0 Å². The van der Waals surface area contributed by atoms with E-state index in [1.807, 2.05) is 0 Å². The van der Waals surface area contributed by atoms with Crippen molar-refractivity contribution >= 4 is 60.0 Å². The first-order valence-electron chi connectivity index (χ1n) is 18.8. The Kier molecular flexibility index (Phi) is 21.5. The molecule has 0 spiro atoms. The predicted molar refractivity (Wildman–Crippen MR) is 223 cm³/mol. The number of rotatable bonds is 14. The Bertz CT molecular complexity index is 1590. The molecule has 0 atom stereocenters. The van der Waals surface area contributed by atoms with Crippen LogP contribution in [0, 0.1) is 0 Å². The van der Waals surface area contributed by atoms with Crippen molar-refractivity contribution in [3.63, 3.8) is 0 Å². The summed E-state index contributed by atoms with van der Waals surface area (Å²) in [6.45, 7) is 9.09. The number of fused-ring (bicyclic) bond motifs is 2. The van der Waals surface area contributed by atoms with Crippen molar-refractivity contribution in [1.29, 1.82) is 0 Å². The average Bonchev–Trinajstić information content (AvgIpc) is 3.70. The molecule has 6 aromatic rings. The smallest absolute Gasteiger partial charge is 0.0631 e. The zero-order chi connectivity index (χ0) is 35.8. The molecule has 0 amide bonds. The molecule has 0 aromatic heterocycles. The summed E-state index contributed by atoms with van der Waals surface area (Å²) < 4.78 is 0. The van der Waals surface area contributed by atoms with Gasteiger partial charge in [0.2, 0.25) is 0 Å². The maximum absolute atomic E-state index is 4.89. The molecule has 6 aromatic carbocycles. The van der Waals surface area contributed by atoms with Crippen LogP contribution in [-0.2, 0) is 42.7 Å². The number of aryl methyl sites for hydroxylation is 4. The first-order valence-corrected chi connectivity index (χ1v) is 24.0. The van der Waals surface area contributed by atoms with Gasteiger partial charge in [-0.3, -0.25) is 0 Å². The third kappa shape index (κ3) is 14.3. The van der Waals surface area contributed by atoms with Gasteiger partial charge in [0.1, 0.15) is 9.52 Å². The van der Waals surface area contributed by atoms with Crippen molar-refractivity contribution in [2.45, 2.75) is 105 Å². The second-order valence-corrected chi connectivity index (χ2v) is 16.8. The molecular formula is C46H56Cl2SiTi-2. The van der Waals surface area contributed by atoms with Crippen LogP contribution >= 0.6 is 18.6 Å². The van der Waals surface area contributed by atoms with Gasteiger partial charge in [0.25, 0.3) is 0 Å². The first-order chi connectivity index (χ1) is 24.6. The molecule has 0 nitrogen and oxygen atoms in total. The van der Waals surface area contributed by atoms with E-state index < -0.39 is 17.0 Å². The van der Waals surface area contributed by atoms with E-state index in [0.717, 1.165) is 9.52 Å². The molecule has 0 bridgehead atoms. The van der Waals surface area contributed by atoms with E-state index in [4.69, 9.17) is 18.6 Å². The van der Waals surface area contributed by atoms with Gasteiger partial charge < -0.3 is 0 Å². The topological polar surface area (TPSA) is 0 Å². The molecule has 50 heavy (non-hydrogen) atoms. The molecule has 0 saturated heterocycles. The van der Waals surface area contributed by atoms with Crippen LogP contribution in [0.3, 0.4) is 0 Å². The maximum Gasteiger partial charge on any atom is 0.121 e. The monoisotopic (exact) mass is 754 g/mol. The quantitative estimate of drug-likeness (QED) is 0.0767. The molecule has 4 heteroatoms. The van der Waals surface area contributed by atoms with Crippen LogP contribution < -0.4 is 10.4 Å². The molecular weight excluding hydrogens is 699 g/mol. The molecule has 6 rings (SSSR count). The van der Waals surface area contributed by atoms with Crippen molar-refractivity contribution in [1.82, 2.24) is 0 Å². The van der Waals surface area contributed by atoms with Crippen LogP contribution in [0.4, 0.5) is 0 Å². The molecule has 0 unspecified atom stereocenters. The second kappa shape index (κ2) is 25.5. The summed E-state index contributed by atoms with van der Waals surface area (Å²) in [7, 11) is 10.6. The fraction of sp³-hybridized carbons (Fsp3) is 0.348. The van der Waals surface area contributed by atoms with Gasteiger partial charge in [-0.25, -0.2) is 0 Å². The summed E-state index contributed by atoms with van der Waals surface area (Å²) in [4.78, 5) is 0. The Balaban J connectivity index is 0.000000197. The van der Waals surface area contributed by atoms with Gasteiger partial charge in [-0.1, -0.05) is 175 Å². The average molecular weight is 756 g/mol. The molecule has 0 heterocycles. The normalized spacial score (nSPS) is 10.4. The third-order valence-corrected chi connectivity index (χ3v) is 10.2. The number of hydrogen-bond donors (Lipinski definition) is 0. The van der Waals surface area contributed by atoms with Crippen LogP contribution in [0.2, 0.25) is 0 Å². The van der Waals surface area contributed by atoms with E-state index in [9.17, 15) is 0 Å². The van der Waals surface area contributed by atoms with E-state index in [1.54, 1.807) is 22.3 Å². The molecule has 0 aliphatic heterocycles. The minimum Gasteiger partial charge on any atom is -0.0631 e. The SMILES string of the molecule is CCCCc1[cH-]c2ccccc2c1CCCC.CCCCc1[cH-]c2ccccc2c1CCCC.[Cl][Ti][Cl].c1ccc([Si]c2ccccc2)cc1. The van der Waals surface area contributed by atoms with Crippen molar-refractivity contribution in [3.05, 3.63) is 144 Å². The zero-order valence-electron chi connectivity index (χ0n) is 30.8. The van der Waals surface area contributed by atoms with Crippen LogP contribution in [-0.4, -0.2) is 9.52 Å². The molecule has 2 radical (unpaired) electrons. The number of halogens is 2. The van der Waals surface area contributed by atoms with Gasteiger partial charge >= 0.3 is 35.6 Å². The zero-order valence-corrected chi connectivity index (χ0v) is 34.9. The van der Waals surface area contributed by atoms with E-state index in [-0.39, 0.29) is 0 Å². The van der Waals surface area contributed by atoms with Crippen LogP contribution in [0.15, 0.2) is 121 Å². The van der Waals surface area contributed by atoms with Gasteiger partial charge in [0, 0.05) is 0 Å². The Morgan fingerprint density at radius 1 is 0.460 bits per heavy atom. The molecule has 0 aliphatic rings. The van der Waals surface area contributed by atoms with Crippen LogP contribution in [0.25, 0.3) is 21.5 Å². The summed E-state index contributed by atoms with van der Waals surface area (Å²) in [5.41, 5.74) is 6.44. The first kappa shape index (κ1) is 42.0. The minimum absolute atomic E-state index is 0.556. The van der Waals surface area contributed by atoms with Crippen molar-refractivity contribution in [3.8, 4) is 0 Å². The second-order valence-electron chi connectivity index (χ2n) is 12.8.